The van der Waals surface area contributed by atoms with Crippen molar-refractivity contribution in [3.8, 4) is 18.6 Å². The Hall–Kier alpha value is -3.54. The van der Waals surface area contributed by atoms with Crippen LogP contribution < -0.4 is 10.9 Å². The molecular weight excluding hydrogens is 501 g/mol. The van der Waals surface area contributed by atoms with Crippen molar-refractivity contribution in [2.45, 2.75) is 44.2 Å². The summed E-state index contributed by atoms with van der Waals surface area (Å²) in [5, 5.41) is 9.61. The third-order valence-electron chi connectivity index (χ3n) is 6.23. The minimum atomic E-state index is -0.550. The van der Waals surface area contributed by atoms with Crippen LogP contribution >= 0.6 is 11.8 Å². The fourth-order valence-corrected chi connectivity index (χ4v) is 5.08. The molecule has 0 amide bonds. The number of aldehydes is 1. The minimum absolute atomic E-state index is 0.0425. The van der Waals surface area contributed by atoms with Gasteiger partial charge in [0, 0.05) is 29.5 Å². The number of nitrogens with one attached hydrogen (secondary N) is 1. The predicted molar refractivity (Wildman–Crippen MR) is 155 cm³/mol. The Balaban J connectivity index is 0.000000252. The third-order valence-corrected chi connectivity index (χ3v) is 7.42. The maximum absolute atomic E-state index is 12.5. The van der Waals surface area contributed by atoms with Crippen molar-refractivity contribution in [3.63, 3.8) is 0 Å². The highest BCUT2D eigenvalue weighted by atomic mass is 32.2. The summed E-state index contributed by atoms with van der Waals surface area (Å²) in [7, 11) is 2.01. The molecule has 1 fully saturated rings. The van der Waals surface area contributed by atoms with E-state index in [0.717, 1.165) is 31.6 Å². The van der Waals surface area contributed by atoms with Gasteiger partial charge in [0.2, 0.25) is 5.43 Å². The van der Waals surface area contributed by atoms with Crippen molar-refractivity contribution in [1.29, 1.82) is 0 Å². The van der Waals surface area contributed by atoms with Crippen molar-refractivity contribution in [1.82, 2.24) is 9.58 Å². The lowest BCUT2D eigenvalue weighted by atomic mass is 9.97. The monoisotopic (exact) mass is 537 g/mol. The number of likely N-dealkylation sites (tertiary alicyclic amines) is 1. The number of piperidine rings is 1. The summed E-state index contributed by atoms with van der Waals surface area (Å²) in [6.07, 6.45) is 20.5. The molecule has 2 atom stereocenters. The van der Waals surface area contributed by atoms with E-state index in [1.54, 1.807) is 6.08 Å². The summed E-state index contributed by atoms with van der Waals surface area (Å²) >= 11 is 1.84. The second-order valence-corrected chi connectivity index (χ2v) is 10.2. The van der Waals surface area contributed by atoms with Gasteiger partial charge in [-0.15, -0.1) is 24.6 Å². The van der Waals surface area contributed by atoms with Crippen LogP contribution in [0.5, 0.6) is 5.75 Å². The minimum Gasteiger partial charge on any atom is -0.503 e. The standard InChI is InChI=1S/C15H15FS.C13H19N3O3.C2H2/c1-12(16)5-4-6-13-9-10-14-7-2-3-8-15(14)17-11-13;1-9-3-5-15(2)12(7-9)14-16-6-4-11(18)13(19)10(16)8-17;1-2/h2-9H,10-11H2,1H3;4,6,8-9,12,14,19H,3,5,7H2,1-2H3;1-2H/b6-4-,12-5+;;/t;9-,12+;/m.1./s1. The van der Waals surface area contributed by atoms with Crippen LogP contribution in [0.15, 0.2) is 81.9 Å². The number of nitrogens with zero attached hydrogens (tertiary/aromatic N) is 2. The van der Waals surface area contributed by atoms with Crippen molar-refractivity contribution in [2.24, 2.45) is 5.92 Å². The Morgan fingerprint density at radius 3 is 2.71 bits per heavy atom. The quantitative estimate of drug-likeness (QED) is 0.297. The third kappa shape index (κ3) is 9.09. The second kappa shape index (κ2) is 15.7. The lowest BCUT2D eigenvalue weighted by Gasteiger charge is -2.37. The van der Waals surface area contributed by atoms with E-state index in [1.165, 1.54) is 46.0 Å². The zero-order valence-electron chi connectivity index (χ0n) is 22.1. The normalized spacial score (nSPS) is 19.5. The summed E-state index contributed by atoms with van der Waals surface area (Å²) in [4.78, 5) is 25.8. The lowest BCUT2D eigenvalue weighted by Crippen LogP contribution is -2.47. The molecule has 2 aromatic rings. The van der Waals surface area contributed by atoms with Crippen LogP contribution in [0.1, 0.15) is 42.7 Å². The number of thioether (sulfide) groups is 1. The van der Waals surface area contributed by atoms with Crippen LogP contribution in [-0.2, 0) is 6.42 Å². The van der Waals surface area contributed by atoms with Crippen LogP contribution in [0.2, 0.25) is 0 Å². The number of hydrogen-bond acceptors (Lipinski definition) is 6. The molecule has 0 bridgehead atoms. The second-order valence-electron chi connectivity index (χ2n) is 9.15. The van der Waals surface area contributed by atoms with Crippen LogP contribution in [0.3, 0.4) is 0 Å². The number of carbonyl (C=O) groups is 1. The molecule has 1 aromatic heterocycles. The summed E-state index contributed by atoms with van der Waals surface area (Å²) in [6, 6.07) is 9.70. The average molecular weight is 538 g/mol. The first-order valence-corrected chi connectivity index (χ1v) is 13.4. The lowest BCUT2D eigenvalue weighted by molar-refractivity contribution is 0.110. The molecular formula is C30H36FN3O3S. The maximum atomic E-state index is 12.5. The van der Waals surface area contributed by atoms with E-state index in [-0.39, 0.29) is 17.7 Å². The number of benzene rings is 1. The van der Waals surface area contributed by atoms with E-state index >= 15 is 0 Å². The van der Waals surface area contributed by atoms with Gasteiger partial charge in [0.05, 0.1) is 12.0 Å². The molecule has 0 aliphatic carbocycles. The molecule has 2 aliphatic heterocycles. The molecule has 0 saturated carbocycles. The largest absolute Gasteiger partial charge is 0.503 e. The van der Waals surface area contributed by atoms with Crippen molar-refractivity contribution in [2.75, 3.05) is 24.8 Å². The zero-order valence-corrected chi connectivity index (χ0v) is 23.0. The number of allylic oxidation sites excluding steroid dienone is 5. The molecule has 2 aliphatic rings. The van der Waals surface area contributed by atoms with Crippen molar-refractivity contribution in [3.05, 3.63) is 93.7 Å². The molecule has 8 heteroatoms. The average Bonchev–Trinajstić information content (AvgIpc) is 3.12. The first kappa shape index (κ1) is 30.7. The highest BCUT2D eigenvalue weighted by Crippen LogP contribution is 2.29. The molecule has 0 spiro atoms. The SMILES string of the molecule is C#C.C/C(F)=C\C=C/C1=CCc2ccccc2SC1.C[C@@H]1CCN(C)[C@H](Nn2ccc(=O)c(O)c2C=O)C1. The van der Waals surface area contributed by atoms with Crippen molar-refractivity contribution >= 4 is 18.0 Å². The van der Waals surface area contributed by atoms with Gasteiger partial charge in [0.15, 0.2) is 12.0 Å². The summed E-state index contributed by atoms with van der Waals surface area (Å²) in [5.41, 5.74) is 5.19. The van der Waals surface area contributed by atoms with Crippen molar-refractivity contribution < 1.29 is 14.3 Å². The van der Waals surface area contributed by atoms with Gasteiger partial charge in [-0.05, 0) is 62.4 Å². The van der Waals surface area contributed by atoms with Gasteiger partial charge < -0.3 is 10.5 Å². The number of rotatable bonds is 5. The Labute approximate surface area is 228 Å². The molecule has 38 heavy (non-hydrogen) atoms. The van der Waals surface area contributed by atoms with Gasteiger partial charge in [-0.2, -0.15) is 0 Å². The van der Waals surface area contributed by atoms with Crippen LogP contribution in [0.4, 0.5) is 4.39 Å². The van der Waals surface area contributed by atoms with Crippen LogP contribution in [0, 0.1) is 18.8 Å². The molecule has 4 rings (SSSR count). The number of halogens is 1. The molecule has 1 aromatic carbocycles. The smallest absolute Gasteiger partial charge is 0.224 e. The first-order chi connectivity index (χ1) is 18.3. The highest BCUT2D eigenvalue weighted by Gasteiger charge is 2.24. The number of aromatic hydroxyl groups is 1. The first-order valence-electron chi connectivity index (χ1n) is 12.4. The summed E-state index contributed by atoms with van der Waals surface area (Å²) in [6.45, 7) is 4.61. The molecule has 202 valence electrons. The fraction of sp³-hybridized carbons (Fsp3) is 0.333. The van der Waals surface area contributed by atoms with Crippen LogP contribution in [0.25, 0.3) is 0 Å². The van der Waals surface area contributed by atoms with E-state index in [9.17, 15) is 19.1 Å². The number of terminal acetylenes is 1. The Kier molecular flexibility index (Phi) is 12.6. The summed E-state index contributed by atoms with van der Waals surface area (Å²) in [5.74, 6) is 0.872. The van der Waals surface area contributed by atoms with E-state index in [2.05, 4.69) is 60.4 Å². The van der Waals surface area contributed by atoms with Gasteiger partial charge in [-0.3, -0.25) is 19.2 Å². The molecule has 3 heterocycles. The van der Waals surface area contributed by atoms with Gasteiger partial charge in [-0.1, -0.05) is 43.4 Å². The van der Waals surface area contributed by atoms with Gasteiger partial charge in [-0.25, -0.2) is 4.39 Å². The molecule has 0 radical (unpaired) electrons. The van der Waals surface area contributed by atoms with E-state index in [0.29, 0.717) is 12.2 Å². The molecule has 2 N–H and O–H groups in total. The fourth-order valence-electron chi connectivity index (χ4n) is 4.03. The highest BCUT2D eigenvalue weighted by molar-refractivity contribution is 7.99. The Bertz CT molecular complexity index is 1240. The van der Waals surface area contributed by atoms with Gasteiger partial charge in [0.1, 0.15) is 5.69 Å². The maximum Gasteiger partial charge on any atom is 0.224 e. The van der Waals surface area contributed by atoms with Crippen LogP contribution in [-0.4, -0.2) is 46.5 Å². The summed E-state index contributed by atoms with van der Waals surface area (Å²) < 4.78 is 14.0. The predicted octanol–water partition coefficient (Wildman–Crippen LogP) is 5.54. The number of pyridine rings is 1. The molecule has 0 unspecified atom stereocenters. The number of hydrogen-bond donors (Lipinski definition) is 2. The van der Waals surface area contributed by atoms with Gasteiger partial charge in [0.25, 0.3) is 0 Å². The Morgan fingerprint density at radius 1 is 1.26 bits per heavy atom. The number of aromatic nitrogens is 1. The topological polar surface area (TPSA) is 74.6 Å². The zero-order chi connectivity index (χ0) is 28.1. The molecule has 1 saturated heterocycles. The van der Waals surface area contributed by atoms with E-state index in [4.69, 9.17) is 0 Å². The van der Waals surface area contributed by atoms with E-state index < -0.39 is 11.2 Å². The van der Waals surface area contributed by atoms with Gasteiger partial charge >= 0.3 is 0 Å². The van der Waals surface area contributed by atoms with E-state index in [1.807, 2.05) is 24.9 Å². The molecule has 6 nitrogen and oxygen atoms in total. The number of fused-ring (bicyclic) bond motifs is 1. The Morgan fingerprint density at radius 2 is 2.00 bits per heavy atom. The number of carbonyl (C=O) groups excluding carboxylic acids is 1.